The molecule has 4 heterocycles. The van der Waals surface area contributed by atoms with Crippen molar-refractivity contribution in [1.29, 1.82) is 0 Å². The molecule has 4 rings (SSSR count). The minimum atomic E-state index is -0.534. The van der Waals surface area contributed by atoms with Crippen molar-refractivity contribution in [3.8, 4) is 0 Å². The van der Waals surface area contributed by atoms with Crippen molar-refractivity contribution >= 4 is 45.7 Å². The van der Waals surface area contributed by atoms with Gasteiger partial charge in [0.05, 0.1) is 17.1 Å². The van der Waals surface area contributed by atoms with Crippen LogP contribution in [0.1, 0.15) is 53.9 Å². The number of rotatable bonds is 3. The van der Waals surface area contributed by atoms with E-state index in [4.69, 9.17) is 4.74 Å². The number of likely N-dealkylation sites (tertiary alicyclic amines) is 1. The van der Waals surface area contributed by atoms with Gasteiger partial charge in [0.2, 0.25) is 5.91 Å². The largest absolute Gasteiger partial charge is 0.444 e. The first-order chi connectivity index (χ1) is 15.2. The third-order valence-electron chi connectivity index (χ3n) is 5.50. The van der Waals surface area contributed by atoms with Gasteiger partial charge in [-0.25, -0.2) is 9.78 Å². The van der Waals surface area contributed by atoms with Crippen LogP contribution in [0.5, 0.6) is 0 Å². The minimum Gasteiger partial charge on any atom is -0.444 e. The Morgan fingerprint density at radius 3 is 2.56 bits per heavy atom. The predicted octanol–water partition coefficient (Wildman–Crippen LogP) is 3.99. The molecule has 0 radical (unpaired) electrons. The van der Waals surface area contributed by atoms with E-state index in [1.54, 1.807) is 4.90 Å². The molecule has 32 heavy (non-hydrogen) atoms. The van der Waals surface area contributed by atoms with E-state index in [9.17, 15) is 14.4 Å². The highest BCUT2D eigenvalue weighted by atomic mass is 32.1. The number of carbonyl (C=O) groups is 3. The monoisotopic (exact) mass is 476 g/mol. The van der Waals surface area contributed by atoms with Crippen molar-refractivity contribution in [2.75, 3.05) is 25.0 Å². The molecule has 1 saturated heterocycles. The summed E-state index contributed by atoms with van der Waals surface area (Å²) in [4.78, 5) is 47.4. The highest BCUT2D eigenvalue weighted by Crippen LogP contribution is 2.30. The van der Waals surface area contributed by atoms with Crippen LogP contribution in [-0.4, -0.2) is 57.9 Å². The Kier molecular flexibility index (Phi) is 6.52. The Morgan fingerprint density at radius 1 is 1.16 bits per heavy atom. The predicted molar refractivity (Wildman–Crippen MR) is 124 cm³/mol. The Bertz CT molecular complexity index is 988. The van der Waals surface area contributed by atoms with Gasteiger partial charge in [0.25, 0.3) is 5.91 Å². The Labute approximate surface area is 195 Å². The summed E-state index contributed by atoms with van der Waals surface area (Å²) in [5.74, 6) is -0.147. The summed E-state index contributed by atoms with van der Waals surface area (Å²) in [6.45, 7) is 7.70. The lowest BCUT2D eigenvalue weighted by Gasteiger charge is -2.30. The third kappa shape index (κ3) is 5.29. The van der Waals surface area contributed by atoms with Gasteiger partial charge in [0.15, 0.2) is 5.13 Å². The summed E-state index contributed by atoms with van der Waals surface area (Å²) >= 11 is 2.86. The van der Waals surface area contributed by atoms with Crippen LogP contribution >= 0.6 is 22.7 Å². The number of nitrogens with one attached hydrogen (secondary N) is 1. The van der Waals surface area contributed by atoms with Crippen molar-refractivity contribution in [1.82, 2.24) is 14.8 Å². The summed E-state index contributed by atoms with van der Waals surface area (Å²) in [6.07, 6.45) is 1.59. The topological polar surface area (TPSA) is 91.8 Å². The lowest BCUT2D eigenvalue weighted by molar-refractivity contribution is -0.121. The molecule has 0 bridgehead atoms. The molecular formula is C22H28N4O4S2. The van der Waals surface area contributed by atoms with Crippen molar-refractivity contribution in [3.63, 3.8) is 0 Å². The highest BCUT2D eigenvalue weighted by molar-refractivity contribution is 7.15. The van der Waals surface area contributed by atoms with Gasteiger partial charge in [0.1, 0.15) is 5.60 Å². The van der Waals surface area contributed by atoms with Gasteiger partial charge >= 0.3 is 6.09 Å². The minimum absolute atomic E-state index is 0.0426. The number of thiazole rings is 1. The molecule has 1 fully saturated rings. The quantitative estimate of drug-likeness (QED) is 0.723. The van der Waals surface area contributed by atoms with E-state index < -0.39 is 5.60 Å². The summed E-state index contributed by atoms with van der Waals surface area (Å²) in [6, 6.07) is 3.71. The fourth-order valence-electron chi connectivity index (χ4n) is 3.84. The van der Waals surface area contributed by atoms with Crippen LogP contribution in [0.15, 0.2) is 17.5 Å². The Balaban J connectivity index is 1.30. The number of piperidine rings is 1. The number of fused-ring (bicyclic) bond motifs is 1. The zero-order valence-corrected chi connectivity index (χ0v) is 20.2. The lowest BCUT2D eigenvalue weighted by Crippen LogP contribution is -2.41. The van der Waals surface area contributed by atoms with Gasteiger partial charge in [-0.2, -0.15) is 0 Å². The van der Waals surface area contributed by atoms with Crippen LogP contribution in [0.25, 0.3) is 0 Å². The van der Waals surface area contributed by atoms with Gasteiger partial charge in [-0.15, -0.1) is 11.3 Å². The van der Waals surface area contributed by atoms with Crippen molar-refractivity contribution < 1.29 is 19.1 Å². The average molecular weight is 477 g/mol. The van der Waals surface area contributed by atoms with Gasteiger partial charge in [0, 0.05) is 36.9 Å². The molecule has 0 spiro atoms. The van der Waals surface area contributed by atoms with Crippen LogP contribution in [-0.2, 0) is 22.5 Å². The van der Waals surface area contributed by atoms with Crippen molar-refractivity contribution in [2.24, 2.45) is 5.92 Å². The SMILES string of the molecule is CC(C)(C)OC(=O)N1CCc2nc(NC(=O)C3CCN(C(=O)c4cccs4)CC3)sc2C1. The van der Waals surface area contributed by atoms with E-state index in [2.05, 4.69) is 10.3 Å². The van der Waals surface area contributed by atoms with Gasteiger partial charge in [-0.05, 0) is 45.1 Å². The molecule has 0 unspecified atom stereocenters. The standard InChI is InChI=1S/C22H28N4O4S2/c1-22(2,3)30-21(29)26-11-8-15-17(13-26)32-20(23-15)24-18(27)14-6-9-25(10-7-14)19(28)16-5-4-12-31-16/h4-5,12,14H,6-11,13H2,1-3H3,(H,23,24,27). The zero-order valence-electron chi connectivity index (χ0n) is 18.6. The molecule has 172 valence electrons. The van der Waals surface area contributed by atoms with Crippen LogP contribution in [0.2, 0.25) is 0 Å². The second kappa shape index (κ2) is 9.19. The number of amides is 3. The smallest absolute Gasteiger partial charge is 0.410 e. The Hall–Kier alpha value is -2.46. The van der Waals surface area contributed by atoms with Gasteiger partial charge in [-0.3, -0.25) is 9.59 Å². The van der Waals surface area contributed by atoms with Crippen molar-refractivity contribution in [2.45, 2.75) is 52.2 Å². The average Bonchev–Trinajstić information content (AvgIpc) is 3.41. The van der Waals surface area contributed by atoms with E-state index in [-0.39, 0.29) is 23.8 Å². The number of ether oxygens (including phenoxy) is 1. The molecular weight excluding hydrogens is 448 g/mol. The summed E-state index contributed by atoms with van der Waals surface area (Å²) in [5, 5.41) is 5.42. The molecule has 2 aromatic heterocycles. The van der Waals surface area contributed by atoms with E-state index in [0.717, 1.165) is 15.4 Å². The summed E-state index contributed by atoms with van der Waals surface area (Å²) in [5.41, 5.74) is 0.398. The molecule has 0 saturated carbocycles. The first-order valence-corrected chi connectivity index (χ1v) is 12.5. The van der Waals surface area contributed by atoms with E-state index in [0.29, 0.717) is 50.6 Å². The summed E-state index contributed by atoms with van der Waals surface area (Å²) in [7, 11) is 0. The second-order valence-electron chi connectivity index (χ2n) is 9.07. The second-order valence-corrected chi connectivity index (χ2v) is 11.1. The number of anilines is 1. The molecule has 2 aliphatic heterocycles. The van der Waals surface area contributed by atoms with Crippen LogP contribution < -0.4 is 5.32 Å². The van der Waals surface area contributed by atoms with Crippen LogP contribution in [0.4, 0.5) is 9.93 Å². The number of hydrogen-bond acceptors (Lipinski definition) is 7. The molecule has 3 amide bonds. The third-order valence-corrected chi connectivity index (χ3v) is 7.35. The molecule has 2 aliphatic rings. The first-order valence-electron chi connectivity index (χ1n) is 10.8. The highest BCUT2D eigenvalue weighted by Gasteiger charge is 2.31. The van der Waals surface area contributed by atoms with Crippen molar-refractivity contribution in [3.05, 3.63) is 33.0 Å². The van der Waals surface area contributed by atoms with E-state index in [1.807, 2.05) is 43.2 Å². The maximum atomic E-state index is 12.8. The molecule has 8 nitrogen and oxygen atoms in total. The fourth-order valence-corrected chi connectivity index (χ4v) is 5.56. The van der Waals surface area contributed by atoms with E-state index in [1.165, 1.54) is 22.7 Å². The molecule has 2 aromatic rings. The number of hydrogen-bond donors (Lipinski definition) is 1. The van der Waals surface area contributed by atoms with Gasteiger partial charge in [-0.1, -0.05) is 17.4 Å². The number of nitrogens with zero attached hydrogens (tertiary/aromatic N) is 3. The first kappa shape index (κ1) is 22.7. The molecule has 0 aromatic carbocycles. The maximum Gasteiger partial charge on any atom is 0.410 e. The summed E-state index contributed by atoms with van der Waals surface area (Å²) < 4.78 is 5.47. The maximum absolute atomic E-state index is 12.8. The number of carbonyl (C=O) groups excluding carboxylic acids is 3. The normalized spacial score (nSPS) is 17.1. The molecule has 10 heteroatoms. The number of thiophene rings is 1. The van der Waals surface area contributed by atoms with E-state index >= 15 is 0 Å². The molecule has 0 atom stereocenters. The molecule has 0 aliphatic carbocycles. The Morgan fingerprint density at radius 2 is 1.91 bits per heavy atom. The number of aromatic nitrogens is 1. The zero-order chi connectivity index (χ0) is 22.9. The lowest BCUT2D eigenvalue weighted by atomic mass is 9.96. The van der Waals surface area contributed by atoms with Gasteiger partial charge < -0.3 is 19.9 Å². The van der Waals surface area contributed by atoms with Crippen LogP contribution in [0.3, 0.4) is 0 Å². The fraction of sp³-hybridized carbons (Fsp3) is 0.545. The van der Waals surface area contributed by atoms with Crippen LogP contribution in [0, 0.1) is 5.92 Å². The molecule has 1 N–H and O–H groups in total.